The zero-order valence-corrected chi connectivity index (χ0v) is 9.78. The van der Waals surface area contributed by atoms with Gasteiger partial charge >= 0.3 is 6.09 Å². The third kappa shape index (κ3) is 3.69. The van der Waals surface area contributed by atoms with Crippen LogP contribution in [0.25, 0.3) is 0 Å². The van der Waals surface area contributed by atoms with Crippen LogP contribution in [0.5, 0.6) is 0 Å². The van der Waals surface area contributed by atoms with E-state index in [4.69, 9.17) is 0 Å². The van der Waals surface area contributed by atoms with Gasteiger partial charge in [-0.2, -0.15) is 0 Å². The molecular weight excluding hydrogens is 210 g/mol. The second-order valence-corrected chi connectivity index (χ2v) is 3.74. The summed E-state index contributed by atoms with van der Waals surface area (Å²) < 4.78 is 4.51. The van der Waals surface area contributed by atoms with Crippen LogP contribution < -0.4 is 10.6 Å². The molecule has 2 N–H and O–H groups in total. The number of likely N-dealkylation sites (tertiary alicyclic amines) is 1. The summed E-state index contributed by atoms with van der Waals surface area (Å²) in [5.41, 5.74) is 0. The number of likely N-dealkylation sites (N-methyl/N-ethyl adjacent to an activating group) is 1. The van der Waals surface area contributed by atoms with Gasteiger partial charge in [0.05, 0.1) is 19.7 Å². The Bertz CT molecular complexity index is 258. The zero-order chi connectivity index (χ0) is 12.0. The van der Waals surface area contributed by atoms with Crippen molar-refractivity contribution >= 4 is 12.0 Å². The van der Waals surface area contributed by atoms with Crippen molar-refractivity contribution in [2.75, 3.05) is 33.3 Å². The van der Waals surface area contributed by atoms with E-state index < -0.39 is 6.09 Å². The number of carbonyl (C=O) groups is 2. The monoisotopic (exact) mass is 229 g/mol. The maximum atomic E-state index is 11.6. The van der Waals surface area contributed by atoms with Gasteiger partial charge in [0.2, 0.25) is 5.91 Å². The van der Waals surface area contributed by atoms with Gasteiger partial charge in [-0.3, -0.25) is 4.79 Å². The summed E-state index contributed by atoms with van der Waals surface area (Å²) in [5, 5.41) is 5.68. The molecule has 1 rings (SSSR count). The normalized spacial score (nSPS) is 19.6. The first kappa shape index (κ1) is 12.8. The van der Waals surface area contributed by atoms with Crippen molar-refractivity contribution in [3.8, 4) is 0 Å². The first-order chi connectivity index (χ1) is 7.67. The summed E-state index contributed by atoms with van der Waals surface area (Å²) in [5.74, 6) is 0.0796. The number of hydrogen-bond donors (Lipinski definition) is 2. The molecule has 1 fully saturated rings. The Hall–Kier alpha value is -1.30. The maximum absolute atomic E-state index is 11.6. The minimum Gasteiger partial charge on any atom is -0.453 e. The number of alkyl carbamates (subject to hydrolysis) is 1. The molecule has 0 aromatic carbocycles. The fourth-order valence-corrected chi connectivity index (χ4v) is 1.67. The van der Waals surface area contributed by atoms with E-state index in [0.29, 0.717) is 19.6 Å². The Labute approximate surface area is 95.3 Å². The number of rotatable bonds is 4. The lowest BCUT2D eigenvalue weighted by atomic mass is 10.3. The van der Waals surface area contributed by atoms with E-state index in [0.717, 1.165) is 13.0 Å². The molecule has 0 bridgehead atoms. The molecule has 92 valence electrons. The van der Waals surface area contributed by atoms with Crippen molar-refractivity contribution in [1.82, 2.24) is 15.5 Å². The smallest absolute Gasteiger partial charge is 0.407 e. The number of hydrogen-bond acceptors (Lipinski definition) is 4. The van der Waals surface area contributed by atoms with Crippen molar-refractivity contribution in [3.63, 3.8) is 0 Å². The maximum Gasteiger partial charge on any atom is 0.407 e. The van der Waals surface area contributed by atoms with Crippen LogP contribution in [0.15, 0.2) is 0 Å². The van der Waals surface area contributed by atoms with E-state index in [-0.39, 0.29) is 11.9 Å². The largest absolute Gasteiger partial charge is 0.453 e. The molecule has 6 nitrogen and oxygen atoms in total. The van der Waals surface area contributed by atoms with Crippen LogP contribution in [0, 0.1) is 0 Å². The van der Waals surface area contributed by atoms with Crippen LogP contribution in [0.1, 0.15) is 13.3 Å². The van der Waals surface area contributed by atoms with Gasteiger partial charge in [0.15, 0.2) is 0 Å². The number of nitrogens with one attached hydrogen (secondary N) is 2. The number of carbonyl (C=O) groups excluding carboxylic acids is 2. The van der Waals surface area contributed by atoms with E-state index in [1.54, 1.807) is 4.90 Å². The van der Waals surface area contributed by atoms with Crippen molar-refractivity contribution in [1.29, 1.82) is 0 Å². The Morgan fingerprint density at radius 1 is 1.50 bits per heavy atom. The average Bonchev–Trinajstić information content (AvgIpc) is 2.74. The predicted octanol–water partition coefficient (Wildman–Crippen LogP) is -0.447. The van der Waals surface area contributed by atoms with E-state index >= 15 is 0 Å². The molecule has 0 aromatic rings. The topological polar surface area (TPSA) is 70.7 Å². The van der Waals surface area contributed by atoms with Crippen molar-refractivity contribution in [2.24, 2.45) is 0 Å². The van der Waals surface area contributed by atoms with Gasteiger partial charge in [-0.05, 0) is 13.0 Å². The summed E-state index contributed by atoms with van der Waals surface area (Å²) in [6.07, 6.45) is 0.346. The van der Waals surface area contributed by atoms with Crippen molar-refractivity contribution < 1.29 is 14.3 Å². The van der Waals surface area contributed by atoms with Gasteiger partial charge in [0, 0.05) is 13.1 Å². The van der Waals surface area contributed by atoms with Gasteiger partial charge in [0.25, 0.3) is 0 Å². The summed E-state index contributed by atoms with van der Waals surface area (Å²) in [4.78, 5) is 24.3. The highest BCUT2D eigenvalue weighted by Gasteiger charge is 2.26. The van der Waals surface area contributed by atoms with Gasteiger partial charge in [-0.25, -0.2) is 4.79 Å². The van der Waals surface area contributed by atoms with Crippen molar-refractivity contribution in [3.05, 3.63) is 0 Å². The Morgan fingerprint density at radius 2 is 2.25 bits per heavy atom. The minimum atomic E-state index is -0.439. The molecule has 0 radical (unpaired) electrons. The highest BCUT2D eigenvalue weighted by Crippen LogP contribution is 2.09. The van der Waals surface area contributed by atoms with Gasteiger partial charge in [-0.1, -0.05) is 6.92 Å². The molecule has 0 aliphatic carbocycles. The predicted molar refractivity (Wildman–Crippen MR) is 59.1 cm³/mol. The number of amides is 2. The van der Waals surface area contributed by atoms with Crippen LogP contribution >= 0.6 is 0 Å². The summed E-state index contributed by atoms with van der Waals surface area (Å²) in [6.45, 7) is 4.36. The number of methoxy groups -OCH3 is 1. The van der Waals surface area contributed by atoms with Crippen LogP contribution in [-0.4, -0.2) is 56.2 Å². The van der Waals surface area contributed by atoms with Gasteiger partial charge < -0.3 is 20.3 Å². The SMILES string of the molecule is CCNCC(=O)N1CCC(NC(=O)OC)C1. The second kappa shape index (κ2) is 6.32. The Kier molecular flexibility index (Phi) is 5.04. The molecule has 1 atom stereocenters. The molecule has 16 heavy (non-hydrogen) atoms. The Morgan fingerprint density at radius 3 is 2.88 bits per heavy atom. The first-order valence-electron chi connectivity index (χ1n) is 5.50. The number of ether oxygens (including phenoxy) is 1. The third-order valence-corrected chi connectivity index (χ3v) is 2.57. The lowest BCUT2D eigenvalue weighted by molar-refractivity contribution is -0.129. The lowest BCUT2D eigenvalue weighted by Gasteiger charge is -2.16. The molecule has 1 unspecified atom stereocenters. The summed E-state index contributed by atoms with van der Waals surface area (Å²) in [7, 11) is 1.33. The first-order valence-corrected chi connectivity index (χ1v) is 5.50. The highest BCUT2D eigenvalue weighted by molar-refractivity contribution is 5.78. The van der Waals surface area contributed by atoms with Gasteiger partial charge in [-0.15, -0.1) is 0 Å². The molecule has 1 heterocycles. The second-order valence-electron chi connectivity index (χ2n) is 3.74. The fraction of sp³-hybridized carbons (Fsp3) is 0.800. The van der Waals surface area contributed by atoms with Crippen LogP contribution in [-0.2, 0) is 9.53 Å². The molecule has 1 saturated heterocycles. The molecule has 0 saturated carbocycles. The highest BCUT2D eigenvalue weighted by atomic mass is 16.5. The summed E-state index contributed by atoms with van der Waals surface area (Å²) in [6, 6.07) is 0.0121. The molecule has 1 aliphatic rings. The zero-order valence-electron chi connectivity index (χ0n) is 9.78. The van der Waals surface area contributed by atoms with E-state index in [1.807, 2.05) is 6.92 Å². The van der Waals surface area contributed by atoms with E-state index in [9.17, 15) is 9.59 Å². The van der Waals surface area contributed by atoms with E-state index in [2.05, 4.69) is 15.4 Å². The number of nitrogens with zero attached hydrogens (tertiary/aromatic N) is 1. The van der Waals surface area contributed by atoms with Crippen LogP contribution in [0.2, 0.25) is 0 Å². The molecule has 0 aromatic heterocycles. The molecule has 6 heteroatoms. The van der Waals surface area contributed by atoms with Crippen LogP contribution in [0.3, 0.4) is 0 Å². The van der Waals surface area contributed by atoms with Crippen molar-refractivity contribution in [2.45, 2.75) is 19.4 Å². The Balaban J connectivity index is 2.28. The molecule has 0 spiro atoms. The molecule has 1 aliphatic heterocycles. The average molecular weight is 229 g/mol. The van der Waals surface area contributed by atoms with Gasteiger partial charge in [0.1, 0.15) is 0 Å². The van der Waals surface area contributed by atoms with Crippen LogP contribution in [0.4, 0.5) is 4.79 Å². The third-order valence-electron chi connectivity index (χ3n) is 2.57. The molecular formula is C10H19N3O3. The minimum absolute atomic E-state index is 0.0121. The fourth-order valence-electron chi connectivity index (χ4n) is 1.67. The standard InChI is InChI=1S/C10H19N3O3/c1-3-11-6-9(14)13-5-4-8(7-13)12-10(15)16-2/h8,11H,3-7H2,1-2H3,(H,12,15). The lowest BCUT2D eigenvalue weighted by Crippen LogP contribution is -2.40. The van der Waals surface area contributed by atoms with E-state index in [1.165, 1.54) is 7.11 Å². The summed E-state index contributed by atoms with van der Waals surface area (Å²) >= 11 is 0. The molecule has 2 amide bonds. The quantitative estimate of drug-likeness (QED) is 0.685.